The Bertz CT molecular complexity index is 1540. The molecule has 0 radical (unpaired) electrons. The van der Waals surface area contributed by atoms with Gasteiger partial charge in [0.05, 0.1) is 16.3 Å². The van der Waals surface area contributed by atoms with Crippen molar-refractivity contribution in [2.45, 2.75) is 72.6 Å². The normalized spacial score (nSPS) is 19.2. The fourth-order valence-electron chi connectivity index (χ4n) is 5.12. The number of hydrogen-bond acceptors (Lipinski definition) is 5. The first-order chi connectivity index (χ1) is 19.9. The zero-order chi connectivity index (χ0) is 30.2. The zero-order valence-corrected chi connectivity index (χ0v) is 27.2. The van der Waals surface area contributed by atoms with Crippen molar-refractivity contribution in [2.24, 2.45) is 0 Å². The molecule has 0 bridgehead atoms. The Kier molecular flexibility index (Phi) is 9.29. The van der Waals surface area contributed by atoms with Crippen molar-refractivity contribution in [2.75, 3.05) is 0 Å². The number of rotatable bonds is 10. The highest BCUT2D eigenvalue weighted by atomic mass is 35.5. The van der Waals surface area contributed by atoms with Gasteiger partial charge >= 0.3 is 4.77 Å². The molecular weight excluding hydrogens is 658 g/mol. The molecule has 2 aromatic heterocycles. The minimum absolute atomic E-state index is 0.264. The summed E-state index contributed by atoms with van der Waals surface area (Å²) < 4.78 is 4.24. The van der Waals surface area contributed by atoms with Crippen LogP contribution in [0.2, 0.25) is 10.0 Å². The topological polar surface area (TPSA) is 109 Å². The van der Waals surface area contributed by atoms with Gasteiger partial charge < -0.3 is 10.2 Å². The number of nitrogens with one attached hydrogen (secondary N) is 3. The lowest BCUT2D eigenvalue weighted by molar-refractivity contribution is -0.388. The highest BCUT2D eigenvalue weighted by Gasteiger charge is 2.59. The monoisotopic (exact) mass is 687 g/mol. The van der Waals surface area contributed by atoms with Gasteiger partial charge in [-0.1, -0.05) is 59.6 Å². The van der Waals surface area contributed by atoms with Gasteiger partial charge in [-0.3, -0.25) is 9.78 Å². The molecule has 6 rings (SSSR count). The van der Waals surface area contributed by atoms with Crippen LogP contribution in [-0.4, -0.2) is 55.7 Å². The van der Waals surface area contributed by atoms with Gasteiger partial charge in [0.25, 0.3) is 0 Å². The SMILES string of the molecule is OC(Cc1ccccc1Cl)(Cn1[nH]c[nH+]c1=S)C1(Cl)CC1.OC(Cc1ccccc1Cl)(Cn1[nH]cnc1=S)C1(Cl)CC1. The van der Waals surface area contributed by atoms with Crippen molar-refractivity contribution < 1.29 is 15.2 Å². The van der Waals surface area contributed by atoms with Gasteiger partial charge in [-0.15, -0.1) is 27.9 Å². The Balaban J connectivity index is 0.000000168. The van der Waals surface area contributed by atoms with Crippen LogP contribution >= 0.6 is 70.8 Å². The molecule has 2 atom stereocenters. The average Bonchev–Trinajstić information content (AvgIpc) is 3.81. The van der Waals surface area contributed by atoms with E-state index in [1.807, 2.05) is 48.5 Å². The van der Waals surface area contributed by atoms with Crippen molar-refractivity contribution in [1.82, 2.24) is 24.5 Å². The second-order valence-corrected chi connectivity index (χ2v) is 14.1. The molecule has 224 valence electrons. The van der Waals surface area contributed by atoms with Crippen molar-refractivity contribution in [3.05, 3.63) is 91.9 Å². The maximum Gasteiger partial charge on any atom is 0.323 e. The van der Waals surface area contributed by atoms with Gasteiger partial charge in [0, 0.05) is 22.9 Å². The minimum Gasteiger partial charge on any atom is -0.386 e. The van der Waals surface area contributed by atoms with Crippen LogP contribution in [0.3, 0.4) is 0 Å². The Morgan fingerprint density at radius 3 is 1.67 bits per heavy atom. The fourth-order valence-corrected chi connectivity index (χ4v) is 6.31. The number of aliphatic hydroxyl groups is 2. The standard InChI is InChI=1S/2C14H15Cl2N3OS/c2*15-11-4-2-1-3-10(11)7-14(20,13(16)5-6-13)8-19-12(21)17-9-18-19/h2*1-4,9,20H,5-8H2,(H,17,18,21)/p+1. The molecule has 2 fully saturated rings. The third kappa shape index (κ3) is 6.81. The van der Waals surface area contributed by atoms with Gasteiger partial charge in [0.15, 0.2) is 0 Å². The molecule has 8 nitrogen and oxygen atoms in total. The van der Waals surface area contributed by atoms with Crippen LogP contribution in [0.1, 0.15) is 36.8 Å². The van der Waals surface area contributed by atoms with Gasteiger partial charge in [-0.25, -0.2) is 9.97 Å². The van der Waals surface area contributed by atoms with E-state index in [9.17, 15) is 10.2 Å². The lowest BCUT2D eigenvalue weighted by atomic mass is 9.89. The summed E-state index contributed by atoms with van der Waals surface area (Å²) in [5.74, 6) is 0. The Morgan fingerprint density at radius 1 is 0.810 bits per heavy atom. The Morgan fingerprint density at radius 2 is 1.29 bits per heavy atom. The van der Waals surface area contributed by atoms with E-state index in [1.165, 1.54) is 6.33 Å². The van der Waals surface area contributed by atoms with Crippen molar-refractivity contribution in [1.29, 1.82) is 0 Å². The molecule has 2 saturated carbocycles. The largest absolute Gasteiger partial charge is 0.386 e. The summed E-state index contributed by atoms with van der Waals surface area (Å²) in [6.07, 6.45) is 7.01. The van der Waals surface area contributed by atoms with Crippen molar-refractivity contribution in [3.8, 4) is 0 Å². The molecule has 2 unspecified atom stereocenters. The van der Waals surface area contributed by atoms with Crippen LogP contribution in [0.5, 0.6) is 0 Å². The number of alkyl halides is 2. The maximum atomic E-state index is 11.2. The number of aromatic amines is 3. The zero-order valence-electron chi connectivity index (χ0n) is 22.5. The second kappa shape index (κ2) is 12.3. The van der Waals surface area contributed by atoms with Gasteiger partial charge in [-0.05, 0) is 73.4 Å². The predicted molar refractivity (Wildman–Crippen MR) is 169 cm³/mol. The first-order valence-electron chi connectivity index (χ1n) is 13.4. The number of benzene rings is 2. The van der Waals surface area contributed by atoms with Gasteiger partial charge in [0.2, 0.25) is 11.1 Å². The molecule has 2 aromatic carbocycles. The predicted octanol–water partition coefficient (Wildman–Crippen LogP) is 6.10. The van der Waals surface area contributed by atoms with Gasteiger partial charge in [0.1, 0.15) is 24.1 Å². The number of aromatic nitrogens is 6. The third-order valence-electron chi connectivity index (χ3n) is 8.05. The number of H-pyrrole nitrogens is 3. The highest BCUT2D eigenvalue weighted by Crippen LogP contribution is 2.54. The second-order valence-electron chi connectivity index (χ2n) is 11.1. The molecule has 42 heavy (non-hydrogen) atoms. The van der Waals surface area contributed by atoms with Crippen LogP contribution in [0, 0.1) is 9.54 Å². The van der Waals surface area contributed by atoms with Crippen LogP contribution < -0.4 is 4.98 Å². The maximum absolute atomic E-state index is 11.2. The summed E-state index contributed by atoms with van der Waals surface area (Å²) in [5.41, 5.74) is -0.490. The summed E-state index contributed by atoms with van der Waals surface area (Å²) in [5, 5.41) is 29.5. The molecule has 5 N–H and O–H groups in total. The van der Waals surface area contributed by atoms with Gasteiger partial charge in [-0.2, -0.15) is 5.10 Å². The van der Waals surface area contributed by atoms with E-state index >= 15 is 0 Å². The van der Waals surface area contributed by atoms with E-state index in [1.54, 1.807) is 15.7 Å². The highest BCUT2D eigenvalue weighted by molar-refractivity contribution is 7.71. The summed E-state index contributed by atoms with van der Waals surface area (Å²) in [7, 11) is 0. The first-order valence-corrected chi connectivity index (χ1v) is 15.8. The van der Waals surface area contributed by atoms with E-state index in [0.717, 1.165) is 36.8 Å². The summed E-state index contributed by atoms with van der Waals surface area (Å²) in [4.78, 5) is 5.60. The van der Waals surface area contributed by atoms with E-state index < -0.39 is 21.0 Å². The van der Waals surface area contributed by atoms with Crippen LogP contribution in [0.25, 0.3) is 0 Å². The number of nitrogens with zero attached hydrogens (tertiary/aromatic N) is 3. The Labute approximate surface area is 273 Å². The first kappa shape index (κ1) is 31.7. The van der Waals surface area contributed by atoms with E-state index in [4.69, 9.17) is 70.8 Å². The molecule has 2 aliphatic rings. The Hall–Kier alpha value is -1.76. The molecule has 0 saturated heterocycles. The molecule has 0 amide bonds. The fraction of sp³-hybridized carbons (Fsp3) is 0.429. The number of halogens is 4. The molecular formula is C28H31Cl4N6O2S2+. The lowest BCUT2D eigenvalue weighted by Gasteiger charge is -2.33. The van der Waals surface area contributed by atoms with E-state index in [0.29, 0.717) is 39.0 Å². The quantitative estimate of drug-likeness (QED) is 0.119. The molecule has 2 heterocycles. The number of hydrogen-bond donors (Lipinski definition) is 4. The van der Waals surface area contributed by atoms with Crippen LogP contribution in [0.15, 0.2) is 61.2 Å². The minimum atomic E-state index is -1.13. The lowest BCUT2D eigenvalue weighted by Crippen LogP contribution is -2.47. The smallest absolute Gasteiger partial charge is 0.323 e. The van der Waals surface area contributed by atoms with Crippen molar-refractivity contribution >= 4 is 70.8 Å². The van der Waals surface area contributed by atoms with Crippen LogP contribution in [-0.2, 0) is 25.9 Å². The van der Waals surface area contributed by atoms with E-state index in [-0.39, 0.29) is 6.54 Å². The van der Waals surface area contributed by atoms with Crippen molar-refractivity contribution in [3.63, 3.8) is 0 Å². The third-order valence-corrected chi connectivity index (χ3v) is 10.9. The molecule has 4 aromatic rings. The van der Waals surface area contributed by atoms with Crippen LogP contribution in [0.4, 0.5) is 0 Å². The molecule has 14 heteroatoms. The summed E-state index contributed by atoms with van der Waals surface area (Å²) >= 11 is 35.8. The summed E-state index contributed by atoms with van der Waals surface area (Å²) in [6.45, 7) is 0.560. The molecule has 0 aliphatic heterocycles. The molecule has 2 aliphatic carbocycles. The molecule has 0 spiro atoms. The average molecular weight is 690 g/mol. The summed E-state index contributed by atoms with van der Waals surface area (Å²) in [6, 6.07) is 15.0. The van der Waals surface area contributed by atoms with E-state index in [2.05, 4.69) is 20.2 Å².